The average Bonchev–Trinajstić information content (AvgIpc) is 2.59. The molecule has 1 saturated carbocycles. The van der Waals surface area contributed by atoms with Gasteiger partial charge in [0.2, 0.25) is 0 Å². The third-order valence-corrected chi connectivity index (χ3v) is 5.07. The van der Waals surface area contributed by atoms with Gasteiger partial charge in [0, 0.05) is 0 Å². The summed E-state index contributed by atoms with van der Waals surface area (Å²) in [5.41, 5.74) is -0.0356. The molecule has 4 heteroatoms. The molecular formula is C20H30O4. The summed E-state index contributed by atoms with van der Waals surface area (Å²) in [6.07, 6.45) is 8.14. The third kappa shape index (κ3) is 5.23. The zero-order valence-corrected chi connectivity index (χ0v) is 14.7. The van der Waals surface area contributed by atoms with Gasteiger partial charge in [0.05, 0.1) is 18.1 Å². The van der Waals surface area contributed by atoms with Crippen molar-refractivity contribution in [3.8, 4) is 5.75 Å². The van der Waals surface area contributed by atoms with Crippen LogP contribution in [-0.4, -0.2) is 22.8 Å². The summed E-state index contributed by atoms with van der Waals surface area (Å²) in [6, 6.07) is 7.63. The van der Waals surface area contributed by atoms with E-state index in [1.54, 1.807) is 0 Å². The topological polar surface area (TPSA) is 66.8 Å². The van der Waals surface area contributed by atoms with Crippen molar-refractivity contribution in [3.63, 3.8) is 0 Å². The van der Waals surface area contributed by atoms with Gasteiger partial charge in [-0.25, -0.2) is 0 Å². The molecule has 2 rings (SSSR count). The third-order valence-electron chi connectivity index (χ3n) is 5.07. The van der Waals surface area contributed by atoms with E-state index in [4.69, 9.17) is 9.84 Å². The molecule has 1 fully saturated rings. The molecule has 1 aliphatic carbocycles. The number of hydrogen-bond acceptors (Lipinski definition) is 3. The van der Waals surface area contributed by atoms with E-state index in [2.05, 4.69) is 6.92 Å². The molecule has 1 aromatic rings. The first kappa shape index (κ1) is 18.8. The maximum absolute atomic E-state index is 11.0. The van der Waals surface area contributed by atoms with Gasteiger partial charge in [0.1, 0.15) is 5.75 Å². The van der Waals surface area contributed by atoms with Crippen LogP contribution in [0.15, 0.2) is 24.3 Å². The van der Waals surface area contributed by atoms with Crippen molar-refractivity contribution in [3.05, 3.63) is 29.8 Å². The number of carbonyl (C=O) groups is 1. The second-order valence-corrected chi connectivity index (χ2v) is 6.93. The van der Waals surface area contributed by atoms with Crippen LogP contribution in [-0.2, 0) is 10.4 Å². The molecular weight excluding hydrogens is 304 g/mol. The van der Waals surface area contributed by atoms with Crippen LogP contribution in [0.1, 0.15) is 70.3 Å². The minimum absolute atomic E-state index is 0.319. The first-order chi connectivity index (χ1) is 11.5. The summed E-state index contributed by atoms with van der Waals surface area (Å²) in [5.74, 6) is -0.239. The molecule has 0 saturated heterocycles. The highest BCUT2D eigenvalue weighted by atomic mass is 16.5. The Morgan fingerprint density at radius 1 is 1.12 bits per heavy atom. The summed E-state index contributed by atoms with van der Waals surface area (Å²) >= 11 is 0. The van der Waals surface area contributed by atoms with Crippen LogP contribution in [0.5, 0.6) is 5.75 Å². The molecule has 1 aliphatic rings. The molecule has 0 atom stereocenters. The molecule has 0 radical (unpaired) electrons. The van der Waals surface area contributed by atoms with Gasteiger partial charge < -0.3 is 14.9 Å². The van der Waals surface area contributed by atoms with Gasteiger partial charge in [-0.05, 0) is 49.8 Å². The summed E-state index contributed by atoms with van der Waals surface area (Å²) in [6.45, 7) is 2.94. The molecule has 24 heavy (non-hydrogen) atoms. The monoisotopic (exact) mass is 334 g/mol. The van der Waals surface area contributed by atoms with Crippen LogP contribution >= 0.6 is 0 Å². The van der Waals surface area contributed by atoms with Gasteiger partial charge in [-0.3, -0.25) is 4.79 Å². The van der Waals surface area contributed by atoms with Crippen molar-refractivity contribution < 1.29 is 19.7 Å². The largest absolute Gasteiger partial charge is 0.494 e. The molecule has 0 amide bonds. The summed E-state index contributed by atoms with van der Waals surface area (Å²) in [4.78, 5) is 11.0. The number of aliphatic hydroxyl groups is 1. The van der Waals surface area contributed by atoms with E-state index < -0.39 is 11.6 Å². The Kier molecular flexibility index (Phi) is 7.10. The minimum atomic E-state index is -0.898. The standard InChI is InChI=1S/C20H30O4/c1-2-3-4-5-6-15-24-18-9-7-17(8-10-18)20(23)13-11-16(12-14-20)19(21)22/h7-10,16,23H,2-6,11-15H2,1H3,(H,21,22). The van der Waals surface area contributed by atoms with Gasteiger partial charge in [-0.2, -0.15) is 0 Å². The summed E-state index contributed by atoms with van der Waals surface area (Å²) < 4.78 is 5.75. The number of aliphatic carboxylic acids is 1. The number of ether oxygens (including phenoxy) is 1. The second kappa shape index (κ2) is 9.07. The fourth-order valence-electron chi connectivity index (χ4n) is 3.39. The van der Waals surface area contributed by atoms with Crippen LogP contribution in [0.25, 0.3) is 0 Å². The maximum Gasteiger partial charge on any atom is 0.306 e. The van der Waals surface area contributed by atoms with Crippen LogP contribution in [0.4, 0.5) is 0 Å². The lowest BCUT2D eigenvalue weighted by atomic mass is 9.75. The lowest BCUT2D eigenvalue weighted by molar-refractivity contribution is -0.145. The van der Waals surface area contributed by atoms with Gasteiger partial charge in [0.25, 0.3) is 0 Å². The Balaban J connectivity index is 1.80. The van der Waals surface area contributed by atoms with Crippen molar-refractivity contribution in [2.75, 3.05) is 6.61 Å². The van der Waals surface area contributed by atoms with E-state index in [0.29, 0.717) is 25.7 Å². The number of unbranched alkanes of at least 4 members (excludes halogenated alkanes) is 4. The van der Waals surface area contributed by atoms with Crippen molar-refractivity contribution in [2.24, 2.45) is 5.92 Å². The molecule has 4 nitrogen and oxygen atoms in total. The van der Waals surface area contributed by atoms with E-state index >= 15 is 0 Å². The lowest BCUT2D eigenvalue weighted by Gasteiger charge is -2.35. The SMILES string of the molecule is CCCCCCCOc1ccc(C2(O)CCC(C(=O)O)CC2)cc1. The second-order valence-electron chi connectivity index (χ2n) is 6.93. The first-order valence-electron chi connectivity index (χ1n) is 9.23. The predicted octanol–water partition coefficient (Wildman–Crippen LogP) is 4.50. The lowest BCUT2D eigenvalue weighted by Crippen LogP contribution is -2.33. The Hall–Kier alpha value is -1.55. The van der Waals surface area contributed by atoms with Crippen molar-refractivity contribution in [1.29, 1.82) is 0 Å². The van der Waals surface area contributed by atoms with Gasteiger partial charge in [-0.1, -0.05) is 44.7 Å². The zero-order chi connectivity index (χ0) is 17.4. The molecule has 0 bridgehead atoms. The molecule has 0 unspecified atom stereocenters. The van der Waals surface area contributed by atoms with Gasteiger partial charge in [-0.15, -0.1) is 0 Å². The zero-order valence-electron chi connectivity index (χ0n) is 14.7. The smallest absolute Gasteiger partial charge is 0.306 e. The van der Waals surface area contributed by atoms with Crippen LogP contribution < -0.4 is 4.74 Å². The highest BCUT2D eigenvalue weighted by molar-refractivity contribution is 5.70. The number of rotatable bonds is 9. The van der Waals surface area contributed by atoms with E-state index in [9.17, 15) is 9.90 Å². The van der Waals surface area contributed by atoms with Crippen molar-refractivity contribution >= 4 is 5.97 Å². The Morgan fingerprint density at radius 3 is 2.33 bits per heavy atom. The Bertz CT molecular complexity index is 501. The number of carboxylic acids is 1. The molecule has 0 aliphatic heterocycles. The molecule has 0 spiro atoms. The summed E-state index contributed by atoms with van der Waals surface area (Å²) in [5, 5.41) is 19.9. The van der Waals surface area contributed by atoms with Crippen LogP contribution in [0.3, 0.4) is 0 Å². The average molecular weight is 334 g/mol. The van der Waals surface area contributed by atoms with Crippen LogP contribution in [0, 0.1) is 5.92 Å². The van der Waals surface area contributed by atoms with E-state index in [1.807, 2.05) is 24.3 Å². The Morgan fingerprint density at radius 2 is 1.75 bits per heavy atom. The fourth-order valence-corrected chi connectivity index (χ4v) is 3.39. The number of hydrogen-bond donors (Lipinski definition) is 2. The van der Waals surface area contributed by atoms with Crippen molar-refractivity contribution in [2.45, 2.75) is 70.3 Å². The minimum Gasteiger partial charge on any atom is -0.494 e. The highest BCUT2D eigenvalue weighted by Crippen LogP contribution is 2.39. The predicted molar refractivity (Wildman–Crippen MR) is 94.2 cm³/mol. The molecule has 0 heterocycles. The normalized spacial score (nSPS) is 23.8. The van der Waals surface area contributed by atoms with E-state index in [-0.39, 0.29) is 5.92 Å². The Labute approximate surface area is 144 Å². The van der Waals surface area contributed by atoms with E-state index in [1.165, 1.54) is 25.7 Å². The maximum atomic E-state index is 11.0. The number of benzene rings is 1. The molecule has 134 valence electrons. The highest BCUT2D eigenvalue weighted by Gasteiger charge is 2.36. The van der Waals surface area contributed by atoms with Crippen molar-refractivity contribution in [1.82, 2.24) is 0 Å². The van der Waals surface area contributed by atoms with Crippen LogP contribution in [0.2, 0.25) is 0 Å². The summed E-state index contributed by atoms with van der Waals surface area (Å²) in [7, 11) is 0. The molecule has 1 aromatic carbocycles. The molecule has 0 aromatic heterocycles. The quantitative estimate of drug-likeness (QED) is 0.653. The van der Waals surface area contributed by atoms with Gasteiger partial charge in [0.15, 0.2) is 0 Å². The number of carboxylic acid groups (broad SMARTS) is 1. The van der Waals surface area contributed by atoms with Gasteiger partial charge >= 0.3 is 5.97 Å². The van der Waals surface area contributed by atoms with E-state index in [0.717, 1.165) is 24.3 Å². The first-order valence-corrected chi connectivity index (χ1v) is 9.23. The molecule has 2 N–H and O–H groups in total. The fraction of sp³-hybridized carbons (Fsp3) is 0.650.